The third-order valence-corrected chi connectivity index (χ3v) is 9.44. The highest BCUT2D eigenvalue weighted by Crippen LogP contribution is 2.44. The number of carboxylic acids is 1. The zero-order valence-corrected chi connectivity index (χ0v) is 22.7. The molecular weight excluding hydrogens is 511 g/mol. The van der Waals surface area contributed by atoms with Gasteiger partial charge in [0.25, 0.3) is 0 Å². The van der Waals surface area contributed by atoms with E-state index in [2.05, 4.69) is 22.9 Å². The van der Waals surface area contributed by atoms with Crippen molar-refractivity contribution in [2.24, 2.45) is 11.8 Å². The van der Waals surface area contributed by atoms with Crippen molar-refractivity contribution in [2.75, 3.05) is 13.1 Å². The molecule has 188 valence electrons. The van der Waals surface area contributed by atoms with E-state index in [0.717, 1.165) is 59.8 Å². The Morgan fingerprint density at radius 2 is 1.81 bits per heavy atom. The van der Waals surface area contributed by atoms with Crippen molar-refractivity contribution in [1.29, 1.82) is 0 Å². The Morgan fingerprint density at radius 3 is 2.47 bits per heavy atom. The van der Waals surface area contributed by atoms with Gasteiger partial charge in [0.2, 0.25) is 0 Å². The van der Waals surface area contributed by atoms with Crippen LogP contribution in [0.2, 0.25) is 10.0 Å². The number of aromatic carboxylic acids is 1. The van der Waals surface area contributed by atoms with Crippen molar-refractivity contribution < 1.29 is 9.90 Å². The molecule has 0 atom stereocenters. The number of nitrogens with zero attached hydrogens (tertiary/aromatic N) is 2. The second-order valence-electron chi connectivity index (χ2n) is 10.0. The van der Waals surface area contributed by atoms with E-state index in [-0.39, 0.29) is 0 Å². The molecule has 0 unspecified atom stereocenters. The van der Waals surface area contributed by atoms with Gasteiger partial charge in [0.1, 0.15) is 4.88 Å². The topological polar surface area (TPSA) is 53.4 Å². The summed E-state index contributed by atoms with van der Waals surface area (Å²) >= 11 is 14.3. The number of carboxylic acid groups (broad SMARTS) is 1. The predicted molar refractivity (Wildman–Crippen MR) is 149 cm³/mol. The molecule has 0 bridgehead atoms. The summed E-state index contributed by atoms with van der Waals surface area (Å²) in [5.74, 6) is 0.378. The molecule has 0 amide bonds. The van der Waals surface area contributed by atoms with Crippen LogP contribution in [0, 0.1) is 11.8 Å². The zero-order chi connectivity index (χ0) is 25.2. The third kappa shape index (κ3) is 5.40. The molecule has 3 heterocycles. The summed E-state index contributed by atoms with van der Waals surface area (Å²) in [6, 6.07) is 12.2. The molecule has 36 heavy (non-hydrogen) atoms. The fraction of sp³-hybridized carbons (Fsp3) is 0.379. The molecular formula is C29H30Cl2N2O2S. The lowest BCUT2D eigenvalue weighted by molar-refractivity contribution is 0.0702. The minimum atomic E-state index is -0.848. The van der Waals surface area contributed by atoms with E-state index >= 15 is 0 Å². The van der Waals surface area contributed by atoms with E-state index < -0.39 is 5.97 Å². The lowest BCUT2D eigenvalue weighted by Crippen LogP contribution is -2.34. The zero-order valence-electron chi connectivity index (χ0n) is 20.3. The first-order valence-corrected chi connectivity index (χ1v) is 14.1. The fourth-order valence-electron chi connectivity index (χ4n) is 5.60. The van der Waals surface area contributed by atoms with Gasteiger partial charge in [-0.3, -0.25) is 9.88 Å². The Morgan fingerprint density at radius 1 is 1.11 bits per heavy atom. The van der Waals surface area contributed by atoms with Gasteiger partial charge in [-0.15, -0.1) is 11.3 Å². The monoisotopic (exact) mass is 540 g/mol. The number of pyridine rings is 1. The van der Waals surface area contributed by atoms with E-state index in [9.17, 15) is 9.90 Å². The maximum Gasteiger partial charge on any atom is 0.346 e. The van der Waals surface area contributed by atoms with Gasteiger partial charge in [0.05, 0.1) is 10.0 Å². The predicted octanol–water partition coefficient (Wildman–Crippen LogP) is 8.30. The summed E-state index contributed by atoms with van der Waals surface area (Å²) in [6.45, 7) is 4.62. The van der Waals surface area contributed by atoms with Crippen molar-refractivity contribution >= 4 is 46.1 Å². The van der Waals surface area contributed by atoms with Crippen LogP contribution in [-0.2, 0) is 6.54 Å². The SMILES string of the molecule is CC1CCC(C2=C(c3cc(-c4ccccc4)sc3C(=O)O)CCN(Cc3c(Cl)cncc3Cl)C2)CC1. The van der Waals surface area contributed by atoms with Crippen LogP contribution in [0.4, 0.5) is 0 Å². The minimum absolute atomic E-state index is 0.444. The second-order valence-corrected chi connectivity index (χ2v) is 11.9. The van der Waals surface area contributed by atoms with Crippen LogP contribution in [0.15, 0.2) is 54.4 Å². The average molecular weight is 542 g/mol. The molecule has 0 radical (unpaired) electrons. The first kappa shape index (κ1) is 25.5. The van der Waals surface area contributed by atoms with E-state index in [4.69, 9.17) is 23.2 Å². The molecule has 1 saturated carbocycles. The van der Waals surface area contributed by atoms with Crippen molar-refractivity contribution in [3.05, 3.63) is 80.4 Å². The van der Waals surface area contributed by atoms with Gasteiger partial charge in [-0.2, -0.15) is 0 Å². The molecule has 2 aliphatic rings. The molecule has 2 aromatic heterocycles. The highest BCUT2D eigenvalue weighted by molar-refractivity contribution is 7.17. The van der Waals surface area contributed by atoms with Crippen LogP contribution in [-0.4, -0.2) is 34.0 Å². The number of rotatable bonds is 6. The first-order valence-electron chi connectivity index (χ1n) is 12.6. The summed E-state index contributed by atoms with van der Waals surface area (Å²) in [4.78, 5) is 20.3. The van der Waals surface area contributed by atoms with Crippen LogP contribution in [0.5, 0.6) is 0 Å². The summed E-state index contributed by atoms with van der Waals surface area (Å²) in [6.07, 6.45) is 8.85. The molecule has 0 saturated heterocycles. The van der Waals surface area contributed by atoms with Gasteiger partial charge in [-0.25, -0.2) is 4.79 Å². The van der Waals surface area contributed by atoms with Gasteiger partial charge in [0, 0.05) is 48.0 Å². The lowest BCUT2D eigenvalue weighted by atomic mass is 9.75. The largest absolute Gasteiger partial charge is 0.477 e. The fourth-order valence-corrected chi connectivity index (χ4v) is 7.12. The van der Waals surface area contributed by atoms with Crippen molar-refractivity contribution in [2.45, 2.75) is 45.6 Å². The maximum atomic E-state index is 12.4. The molecule has 5 rings (SSSR count). The van der Waals surface area contributed by atoms with E-state index in [0.29, 0.717) is 27.4 Å². The minimum Gasteiger partial charge on any atom is -0.477 e. The maximum absolute atomic E-state index is 12.4. The molecule has 1 aliphatic heterocycles. The second kappa shape index (κ2) is 11.1. The molecule has 0 spiro atoms. The quantitative estimate of drug-likeness (QED) is 0.341. The molecule has 1 aliphatic carbocycles. The standard InChI is InChI=1S/C29H30Cl2N2O2S/c1-18-7-9-19(10-8-18)23-16-33(17-24-25(30)14-32-15-26(24)31)12-11-21(23)22-13-27(36-28(22)29(34)35)20-5-3-2-4-6-20/h2-6,13-15,18-19H,7-12,16-17H2,1H3,(H,34,35). The average Bonchev–Trinajstić information content (AvgIpc) is 3.33. The number of carbonyl (C=O) groups is 1. The number of halogens is 2. The van der Waals surface area contributed by atoms with Crippen molar-refractivity contribution in [3.8, 4) is 10.4 Å². The van der Waals surface area contributed by atoms with Gasteiger partial charge < -0.3 is 5.11 Å². The van der Waals surface area contributed by atoms with E-state index in [1.54, 1.807) is 12.4 Å². The smallest absolute Gasteiger partial charge is 0.346 e. The molecule has 1 fully saturated rings. The number of thiophene rings is 1. The van der Waals surface area contributed by atoms with Crippen molar-refractivity contribution in [1.82, 2.24) is 9.88 Å². The van der Waals surface area contributed by atoms with Gasteiger partial charge in [-0.1, -0.05) is 73.3 Å². The summed E-state index contributed by atoms with van der Waals surface area (Å²) in [5.41, 5.74) is 5.49. The number of aromatic nitrogens is 1. The highest BCUT2D eigenvalue weighted by atomic mass is 35.5. The van der Waals surface area contributed by atoms with Gasteiger partial charge >= 0.3 is 5.97 Å². The Labute approximate surface area is 226 Å². The molecule has 7 heteroatoms. The number of hydrogen-bond donors (Lipinski definition) is 1. The molecule has 4 nitrogen and oxygen atoms in total. The van der Waals surface area contributed by atoms with Gasteiger partial charge in [0.15, 0.2) is 0 Å². The molecule has 1 N–H and O–H groups in total. The summed E-state index contributed by atoms with van der Waals surface area (Å²) < 4.78 is 0. The Kier molecular flexibility index (Phi) is 7.82. The Bertz CT molecular complexity index is 1260. The number of benzene rings is 1. The van der Waals surface area contributed by atoms with E-state index in [1.165, 1.54) is 35.3 Å². The third-order valence-electron chi connectivity index (χ3n) is 7.61. The van der Waals surface area contributed by atoms with E-state index in [1.807, 2.05) is 30.3 Å². The first-order chi connectivity index (χ1) is 17.4. The lowest BCUT2D eigenvalue weighted by Gasteiger charge is -2.37. The van der Waals surface area contributed by atoms with Crippen LogP contribution < -0.4 is 0 Å². The van der Waals surface area contributed by atoms with Crippen LogP contribution >= 0.6 is 34.5 Å². The highest BCUT2D eigenvalue weighted by Gasteiger charge is 2.31. The summed E-state index contributed by atoms with van der Waals surface area (Å²) in [5, 5.41) is 11.3. The van der Waals surface area contributed by atoms with Crippen LogP contribution in [0.1, 0.15) is 59.8 Å². The van der Waals surface area contributed by atoms with Crippen LogP contribution in [0.3, 0.4) is 0 Å². The van der Waals surface area contributed by atoms with Gasteiger partial charge in [-0.05, 0) is 53.9 Å². The molecule has 1 aromatic carbocycles. The number of hydrogen-bond acceptors (Lipinski definition) is 4. The Hall–Kier alpha value is -2.18. The normalized spacial score (nSPS) is 21.1. The van der Waals surface area contributed by atoms with Crippen molar-refractivity contribution in [3.63, 3.8) is 0 Å². The molecule has 3 aromatic rings. The Balaban J connectivity index is 1.54. The summed E-state index contributed by atoms with van der Waals surface area (Å²) in [7, 11) is 0. The van der Waals surface area contributed by atoms with Crippen LogP contribution in [0.25, 0.3) is 16.0 Å².